The molecule has 2 heterocycles. The van der Waals surface area contributed by atoms with Gasteiger partial charge in [0.1, 0.15) is 6.04 Å². The Labute approximate surface area is 90.8 Å². The molecule has 4 unspecified atom stereocenters. The summed E-state index contributed by atoms with van der Waals surface area (Å²) in [5.74, 6) is 0.0138. The number of esters is 1. The summed E-state index contributed by atoms with van der Waals surface area (Å²) >= 11 is 0. The molecule has 86 valence electrons. The topological polar surface area (TPSA) is 55.6 Å². The average molecular weight is 212 g/mol. The number of carbonyl (C=O) groups is 1. The third-order valence-corrected chi connectivity index (χ3v) is 4.16. The number of nitrogens with zero attached hydrogens (tertiary/aromatic N) is 1. The summed E-state index contributed by atoms with van der Waals surface area (Å²) in [7, 11) is 3.56. The maximum atomic E-state index is 11.4. The molecule has 2 aliphatic rings. The summed E-state index contributed by atoms with van der Waals surface area (Å²) < 4.78 is 4.72. The molecule has 15 heavy (non-hydrogen) atoms. The lowest BCUT2D eigenvalue weighted by molar-refractivity contribution is -0.144. The minimum atomic E-state index is -0.443. The molecule has 2 fully saturated rings. The van der Waals surface area contributed by atoms with Crippen molar-refractivity contribution in [3.8, 4) is 0 Å². The van der Waals surface area contributed by atoms with Crippen LogP contribution in [0.3, 0.4) is 0 Å². The first-order chi connectivity index (χ1) is 7.15. The Morgan fingerprint density at radius 2 is 2.07 bits per heavy atom. The van der Waals surface area contributed by atoms with Crippen LogP contribution in [0.25, 0.3) is 0 Å². The lowest BCUT2D eigenvalue weighted by Crippen LogP contribution is -2.51. The molecular weight excluding hydrogens is 192 g/mol. The molecule has 2 saturated heterocycles. The van der Waals surface area contributed by atoms with Crippen LogP contribution < -0.4 is 5.73 Å². The standard InChI is InChI=1S/C11H20N2O2/c1-13-7-3-5-8(9(13)6-4-7)10(12)11(14)15-2/h7-10H,3-6,12H2,1-2H3. The molecule has 0 spiro atoms. The van der Waals surface area contributed by atoms with E-state index in [0.717, 1.165) is 12.5 Å². The first-order valence-corrected chi connectivity index (χ1v) is 5.70. The molecular formula is C11H20N2O2. The van der Waals surface area contributed by atoms with Crippen molar-refractivity contribution in [2.75, 3.05) is 14.2 Å². The number of hydrogen-bond acceptors (Lipinski definition) is 4. The van der Waals surface area contributed by atoms with Crippen molar-refractivity contribution in [2.24, 2.45) is 11.7 Å². The molecule has 4 heteroatoms. The second-order valence-corrected chi connectivity index (χ2v) is 4.75. The number of carbonyl (C=O) groups excluding carboxylic acids is 1. The van der Waals surface area contributed by atoms with E-state index in [9.17, 15) is 4.79 Å². The van der Waals surface area contributed by atoms with E-state index in [2.05, 4.69) is 11.9 Å². The molecule has 0 aromatic heterocycles. The predicted molar refractivity (Wildman–Crippen MR) is 57.3 cm³/mol. The normalized spacial score (nSPS) is 37.7. The molecule has 0 saturated carbocycles. The van der Waals surface area contributed by atoms with Crippen molar-refractivity contribution < 1.29 is 9.53 Å². The first kappa shape index (κ1) is 10.9. The quantitative estimate of drug-likeness (QED) is 0.671. The van der Waals surface area contributed by atoms with Crippen molar-refractivity contribution in [2.45, 2.75) is 43.8 Å². The number of ether oxygens (including phenoxy) is 1. The predicted octanol–water partition coefficient (Wildman–Crippen LogP) is 0.359. The van der Waals surface area contributed by atoms with Gasteiger partial charge in [0.2, 0.25) is 0 Å². The summed E-state index contributed by atoms with van der Waals surface area (Å²) in [5, 5.41) is 0. The lowest BCUT2D eigenvalue weighted by atomic mass is 9.85. The zero-order valence-electron chi connectivity index (χ0n) is 9.48. The van der Waals surface area contributed by atoms with Crippen LogP contribution in [0, 0.1) is 5.92 Å². The van der Waals surface area contributed by atoms with Gasteiger partial charge in [0.25, 0.3) is 0 Å². The highest BCUT2D eigenvalue weighted by Gasteiger charge is 2.44. The van der Waals surface area contributed by atoms with E-state index < -0.39 is 6.04 Å². The van der Waals surface area contributed by atoms with Crippen LogP contribution in [0.1, 0.15) is 25.7 Å². The largest absolute Gasteiger partial charge is 0.468 e. The Morgan fingerprint density at radius 1 is 1.40 bits per heavy atom. The van der Waals surface area contributed by atoms with E-state index in [1.54, 1.807) is 0 Å². The van der Waals surface area contributed by atoms with Gasteiger partial charge in [-0.25, -0.2) is 0 Å². The van der Waals surface area contributed by atoms with Gasteiger partial charge in [-0.2, -0.15) is 0 Å². The van der Waals surface area contributed by atoms with Gasteiger partial charge in [-0.1, -0.05) is 0 Å². The van der Waals surface area contributed by atoms with E-state index in [0.29, 0.717) is 6.04 Å². The SMILES string of the molecule is COC(=O)C(N)C1CCC2CCC1N2C. The van der Waals surface area contributed by atoms with Crippen LogP contribution in [0.5, 0.6) is 0 Å². The molecule has 2 N–H and O–H groups in total. The number of nitrogens with two attached hydrogens (primary N) is 1. The van der Waals surface area contributed by atoms with Crippen molar-refractivity contribution in [1.29, 1.82) is 0 Å². The van der Waals surface area contributed by atoms with E-state index in [-0.39, 0.29) is 11.9 Å². The van der Waals surface area contributed by atoms with E-state index >= 15 is 0 Å². The third kappa shape index (κ3) is 1.76. The Kier molecular flexibility index (Phi) is 2.98. The Balaban J connectivity index is 2.06. The van der Waals surface area contributed by atoms with E-state index in [1.165, 1.54) is 26.4 Å². The van der Waals surface area contributed by atoms with Gasteiger partial charge in [-0.15, -0.1) is 0 Å². The maximum Gasteiger partial charge on any atom is 0.322 e. The molecule has 2 bridgehead atoms. The van der Waals surface area contributed by atoms with Gasteiger partial charge in [0.15, 0.2) is 0 Å². The van der Waals surface area contributed by atoms with Crippen LogP contribution in [-0.2, 0) is 9.53 Å². The maximum absolute atomic E-state index is 11.4. The number of fused-ring (bicyclic) bond motifs is 2. The smallest absolute Gasteiger partial charge is 0.322 e. The summed E-state index contributed by atoms with van der Waals surface area (Å²) in [6, 6.07) is 0.760. The minimum absolute atomic E-state index is 0.265. The molecule has 2 aliphatic heterocycles. The van der Waals surface area contributed by atoms with Gasteiger partial charge in [-0.05, 0) is 32.7 Å². The molecule has 0 aromatic rings. The van der Waals surface area contributed by atoms with Crippen LogP contribution in [-0.4, -0.2) is 43.2 Å². The number of hydrogen-bond donors (Lipinski definition) is 1. The summed E-state index contributed by atoms with van der Waals surface area (Å²) in [5.41, 5.74) is 5.95. The van der Waals surface area contributed by atoms with E-state index in [4.69, 9.17) is 10.5 Å². The third-order valence-electron chi connectivity index (χ3n) is 4.16. The molecule has 4 nitrogen and oxygen atoms in total. The van der Waals surface area contributed by atoms with Gasteiger partial charge in [0, 0.05) is 18.0 Å². The zero-order chi connectivity index (χ0) is 11.0. The minimum Gasteiger partial charge on any atom is -0.468 e. The Morgan fingerprint density at radius 3 is 2.73 bits per heavy atom. The molecule has 0 radical (unpaired) electrons. The van der Waals surface area contributed by atoms with Crippen LogP contribution in [0.4, 0.5) is 0 Å². The van der Waals surface area contributed by atoms with Crippen molar-refractivity contribution in [3.05, 3.63) is 0 Å². The fraction of sp³-hybridized carbons (Fsp3) is 0.909. The molecule has 0 amide bonds. The number of rotatable bonds is 2. The Bertz CT molecular complexity index is 257. The fourth-order valence-electron chi connectivity index (χ4n) is 3.21. The van der Waals surface area contributed by atoms with Gasteiger partial charge in [-0.3, -0.25) is 4.79 Å². The summed E-state index contributed by atoms with van der Waals surface area (Å²) in [6.45, 7) is 0. The number of methoxy groups -OCH3 is 1. The second-order valence-electron chi connectivity index (χ2n) is 4.75. The highest BCUT2D eigenvalue weighted by molar-refractivity contribution is 5.75. The highest BCUT2D eigenvalue weighted by atomic mass is 16.5. The fourth-order valence-corrected chi connectivity index (χ4v) is 3.21. The van der Waals surface area contributed by atoms with Crippen molar-refractivity contribution in [1.82, 2.24) is 4.90 Å². The first-order valence-electron chi connectivity index (χ1n) is 5.70. The molecule has 2 rings (SSSR count). The van der Waals surface area contributed by atoms with E-state index in [1.807, 2.05) is 0 Å². The average Bonchev–Trinajstić information content (AvgIpc) is 2.51. The molecule has 0 aromatic carbocycles. The van der Waals surface area contributed by atoms with Crippen molar-refractivity contribution >= 4 is 5.97 Å². The summed E-state index contributed by atoms with van der Waals surface area (Å²) in [4.78, 5) is 13.8. The van der Waals surface area contributed by atoms with Crippen LogP contribution in [0.2, 0.25) is 0 Å². The molecule has 4 atom stereocenters. The van der Waals surface area contributed by atoms with Gasteiger partial charge in [0.05, 0.1) is 7.11 Å². The van der Waals surface area contributed by atoms with Crippen LogP contribution in [0.15, 0.2) is 0 Å². The summed E-state index contributed by atoms with van der Waals surface area (Å²) in [6.07, 6.45) is 4.67. The van der Waals surface area contributed by atoms with Gasteiger partial charge >= 0.3 is 5.97 Å². The Hall–Kier alpha value is -0.610. The van der Waals surface area contributed by atoms with Gasteiger partial charge < -0.3 is 15.4 Å². The zero-order valence-corrected chi connectivity index (χ0v) is 9.48. The second kappa shape index (κ2) is 4.10. The monoisotopic (exact) mass is 212 g/mol. The number of piperidine rings is 1. The lowest BCUT2D eigenvalue weighted by Gasteiger charge is -2.39. The molecule has 0 aliphatic carbocycles. The van der Waals surface area contributed by atoms with Crippen LogP contribution >= 0.6 is 0 Å². The van der Waals surface area contributed by atoms with Crippen molar-refractivity contribution in [3.63, 3.8) is 0 Å². The highest BCUT2D eigenvalue weighted by Crippen LogP contribution is 2.39.